The summed E-state index contributed by atoms with van der Waals surface area (Å²) < 4.78 is 0. The quantitative estimate of drug-likeness (QED) is 0.693. The molecule has 1 N–H and O–H groups in total. The third-order valence-electron chi connectivity index (χ3n) is 4.06. The molecule has 0 aromatic heterocycles. The van der Waals surface area contributed by atoms with Crippen LogP contribution in [0.25, 0.3) is 0 Å². The van der Waals surface area contributed by atoms with E-state index in [-0.39, 0.29) is 0 Å². The first-order chi connectivity index (χ1) is 7.36. The Morgan fingerprint density at radius 1 is 1.20 bits per heavy atom. The predicted octanol–water partition coefficient (Wildman–Crippen LogP) is 2.25. The van der Waals surface area contributed by atoms with Crippen molar-refractivity contribution in [1.29, 1.82) is 0 Å². The molecule has 0 bridgehead atoms. The smallest absolute Gasteiger partial charge is 0.0139 e. The first-order valence-electron chi connectivity index (χ1n) is 6.77. The van der Waals surface area contributed by atoms with E-state index in [9.17, 15) is 0 Å². The van der Waals surface area contributed by atoms with Crippen LogP contribution < -0.4 is 5.32 Å². The van der Waals surface area contributed by atoms with E-state index < -0.39 is 0 Å². The second kappa shape index (κ2) is 5.31. The van der Waals surface area contributed by atoms with Crippen LogP contribution in [0.5, 0.6) is 0 Å². The molecule has 0 spiro atoms. The Balaban J connectivity index is 1.81. The number of hydrogen-bond donors (Lipinski definition) is 1. The third-order valence-corrected chi connectivity index (χ3v) is 4.06. The highest BCUT2D eigenvalue weighted by atomic mass is 15.2. The largest absolute Gasteiger partial charge is 0.319 e. The predicted molar refractivity (Wildman–Crippen MR) is 65.1 cm³/mol. The highest BCUT2D eigenvalue weighted by Gasteiger charge is 2.41. The molecule has 2 saturated carbocycles. The average Bonchev–Trinajstić information content (AvgIpc) is 3.02. The van der Waals surface area contributed by atoms with Crippen LogP contribution in [0.4, 0.5) is 0 Å². The lowest BCUT2D eigenvalue weighted by atomic mass is 9.78. The van der Waals surface area contributed by atoms with Gasteiger partial charge in [0.1, 0.15) is 0 Å². The summed E-state index contributed by atoms with van der Waals surface area (Å²) >= 11 is 0. The monoisotopic (exact) mass is 210 g/mol. The Morgan fingerprint density at radius 2 is 2.00 bits per heavy atom. The Morgan fingerprint density at radius 3 is 2.47 bits per heavy atom. The van der Waals surface area contributed by atoms with E-state index in [1.54, 1.807) is 0 Å². The van der Waals surface area contributed by atoms with Gasteiger partial charge in [0.15, 0.2) is 0 Å². The average molecular weight is 210 g/mol. The van der Waals surface area contributed by atoms with Crippen molar-refractivity contribution < 1.29 is 0 Å². The zero-order valence-electron chi connectivity index (χ0n) is 10.3. The minimum atomic E-state index is 0.913. The van der Waals surface area contributed by atoms with Crippen LogP contribution in [0, 0.1) is 5.92 Å². The number of rotatable bonds is 7. The van der Waals surface area contributed by atoms with Crippen molar-refractivity contribution in [2.75, 3.05) is 20.1 Å². The summed E-state index contributed by atoms with van der Waals surface area (Å²) in [5.41, 5.74) is 0. The van der Waals surface area contributed by atoms with Crippen LogP contribution in [0.1, 0.15) is 45.4 Å². The Bertz CT molecular complexity index is 189. The molecule has 0 heterocycles. The fraction of sp³-hybridized carbons (Fsp3) is 1.00. The van der Waals surface area contributed by atoms with Crippen molar-refractivity contribution >= 4 is 0 Å². The van der Waals surface area contributed by atoms with E-state index in [0.29, 0.717) is 0 Å². The number of unbranched alkanes of at least 4 members (excludes halogenated alkanes) is 1. The van der Waals surface area contributed by atoms with Gasteiger partial charge < -0.3 is 5.32 Å². The molecule has 2 rings (SSSR count). The molecular formula is C13H26N2. The van der Waals surface area contributed by atoms with Gasteiger partial charge in [-0.3, -0.25) is 4.90 Å². The van der Waals surface area contributed by atoms with E-state index in [1.807, 2.05) is 0 Å². The van der Waals surface area contributed by atoms with Crippen LogP contribution in [0.2, 0.25) is 0 Å². The van der Waals surface area contributed by atoms with Crippen molar-refractivity contribution in [2.45, 2.75) is 57.5 Å². The first kappa shape index (κ1) is 11.4. The van der Waals surface area contributed by atoms with Gasteiger partial charge in [0, 0.05) is 12.1 Å². The lowest BCUT2D eigenvalue weighted by Crippen LogP contribution is -2.51. The molecule has 2 unspecified atom stereocenters. The van der Waals surface area contributed by atoms with Gasteiger partial charge >= 0.3 is 0 Å². The van der Waals surface area contributed by atoms with Crippen LogP contribution in [0.15, 0.2) is 0 Å². The van der Waals surface area contributed by atoms with Crippen molar-refractivity contribution in [3.8, 4) is 0 Å². The molecule has 2 aliphatic rings. The van der Waals surface area contributed by atoms with Gasteiger partial charge in [0.25, 0.3) is 0 Å². The molecule has 0 radical (unpaired) electrons. The zero-order chi connectivity index (χ0) is 10.7. The summed E-state index contributed by atoms with van der Waals surface area (Å²) in [6.45, 7) is 4.88. The summed E-state index contributed by atoms with van der Waals surface area (Å²) in [4.78, 5) is 2.83. The first-order valence-corrected chi connectivity index (χ1v) is 6.77. The summed E-state index contributed by atoms with van der Waals surface area (Å²) in [6, 6.07) is 1.87. The summed E-state index contributed by atoms with van der Waals surface area (Å²) in [5.74, 6) is 0.937. The second-order valence-corrected chi connectivity index (χ2v) is 5.29. The fourth-order valence-electron chi connectivity index (χ4n) is 2.85. The maximum absolute atomic E-state index is 3.34. The Labute approximate surface area is 94.4 Å². The van der Waals surface area contributed by atoms with E-state index in [1.165, 1.54) is 51.6 Å². The topological polar surface area (TPSA) is 15.3 Å². The molecular weight excluding hydrogens is 184 g/mol. The van der Waals surface area contributed by atoms with Crippen LogP contribution >= 0.6 is 0 Å². The van der Waals surface area contributed by atoms with E-state index in [4.69, 9.17) is 0 Å². The molecule has 2 atom stereocenters. The van der Waals surface area contributed by atoms with Gasteiger partial charge in [-0.2, -0.15) is 0 Å². The molecule has 88 valence electrons. The molecule has 0 aromatic rings. The molecule has 0 aromatic carbocycles. The molecule has 2 fully saturated rings. The van der Waals surface area contributed by atoms with Gasteiger partial charge in [0.05, 0.1) is 0 Å². The SMILES string of the molecule is CCCCN(C1CC1)C1CCC1CNC. The van der Waals surface area contributed by atoms with Crippen molar-refractivity contribution in [3.63, 3.8) is 0 Å². The maximum atomic E-state index is 3.34. The standard InChI is InChI=1S/C13H26N2/c1-3-4-9-15(12-6-7-12)13-8-5-11(13)10-14-2/h11-14H,3-10H2,1-2H3. The lowest BCUT2D eigenvalue weighted by molar-refractivity contribution is 0.0548. The molecule has 2 heteroatoms. The van der Waals surface area contributed by atoms with Crippen LogP contribution in [-0.4, -0.2) is 37.1 Å². The molecule has 0 aliphatic heterocycles. The van der Waals surface area contributed by atoms with Gasteiger partial charge in [-0.15, -0.1) is 0 Å². The molecule has 2 aliphatic carbocycles. The van der Waals surface area contributed by atoms with Gasteiger partial charge in [0.2, 0.25) is 0 Å². The minimum absolute atomic E-state index is 0.913. The Hall–Kier alpha value is -0.0800. The summed E-state index contributed by atoms with van der Waals surface area (Å²) in [6.07, 6.45) is 8.55. The van der Waals surface area contributed by atoms with Crippen LogP contribution in [-0.2, 0) is 0 Å². The van der Waals surface area contributed by atoms with E-state index >= 15 is 0 Å². The highest BCUT2D eigenvalue weighted by molar-refractivity contribution is 4.96. The Kier molecular flexibility index (Phi) is 4.04. The molecule has 0 saturated heterocycles. The highest BCUT2D eigenvalue weighted by Crippen LogP contribution is 2.38. The normalized spacial score (nSPS) is 30.6. The molecule has 0 amide bonds. The van der Waals surface area contributed by atoms with Crippen molar-refractivity contribution in [2.24, 2.45) is 5.92 Å². The number of nitrogens with one attached hydrogen (secondary N) is 1. The van der Waals surface area contributed by atoms with Gasteiger partial charge in [-0.25, -0.2) is 0 Å². The minimum Gasteiger partial charge on any atom is -0.319 e. The van der Waals surface area contributed by atoms with Gasteiger partial charge in [-0.1, -0.05) is 13.3 Å². The number of hydrogen-bond acceptors (Lipinski definition) is 2. The second-order valence-electron chi connectivity index (χ2n) is 5.29. The van der Waals surface area contributed by atoms with Crippen LogP contribution in [0.3, 0.4) is 0 Å². The number of nitrogens with zero attached hydrogens (tertiary/aromatic N) is 1. The molecule has 15 heavy (non-hydrogen) atoms. The summed E-state index contributed by atoms with van der Waals surface area (Å²) in [7, 11) is 2.09. The zero-order valence-corrected chi connectivity index (χ0v) is 10.3. The third kappa shape index (κ3) is 2.73. The summed E-state index contributed by atoms with van der Waals surface area (Å²) in [5, 5.41) is 3.34. The fourth-order valence-corrected chi connectivity index (χ4v) is 2.85. The maximum Gasteiger partial charge on any atom is 0.0139 e. The van der Waals surface area contributed by atoms with E-state index in [2.05, 4.69) is 24.2 Å². The molecule has 2 nitrogen and oxygen atoms in total. The van der Waals surface area contributed by atoms with Crippen molar-refractivity contribution in [1.82, 2.24) is 10.2 Å². The lowest BCUT2D eigenvalue weighted by Gasteiger charge is -2.45. The van der Waals surface area contributed by atoms with Gasteiger partial charge in [-0.05, 0) is 58.2 Å². The van der Waals surface area contributed by atoms with Crippen molar-refractivity contribution in [3.05, 3.63) is 0 Å². The van der Waals surface area contributed by atoms with E-state index in [0.717, 1.165) is 18.0 Å².